The maximum Gasteiger partial charge on any atom is 0.427 e. The summed E-state index contributed by atoms with van der Waals surface area (Å²) in [6, 6.07) is 0. The number of ether oxygens (including phenoxy) is 1. The minimum atomic E-state index is -4.58. The fourth-order valence-electron chi connectivity index (χ4n) is 2.13. The van der Waals surface area contributed by atoms with Crippen molar-refractivity contribution in [2.45, 2.75) is 58.2 Å². The number of carbonyl (C=O) groups excluding carboxylic acids is 2. The molecule has 0 aromatic carbocycles. The van der Waals surface area contributed by atoms with Crippen LogP contribution in [0.4, 0.5) is 13.2 Å². The topological polar surface area (TPSA) is 43.4 Å². The third kappa shape index (κ3) is 3.94. The van der Waals surface area contributed by atoms with Gasteiger partial charge in [0.05, 0.1) is 5.92 Å². The fraction of sp³-hybridized carbons (Fsp3) is 0.846. The maximum atomic E-state index is 12.6. The van der Waals surface area contributed by atoms with E-state index >= 15 is 0 Å². The highest BCUT2D eigenvalue weighted by Crippen LogP contribution is 2.36. The van der Waals surface area contributed by atoms with Gasteiger partial charge >= 0.3 is 12.1 Å². The van der Waals surface area contributed by atoms with E-state index in [-0.39, 0.29) is 11.7 Å². The SMILES string of the molecule is CC(=O)C1CCC(C(=O)OC(C)(C)C(F)(F)F)CC1. The van der Waals surface area contributed by atoms with Crippen molar-refractivity contribution in [2.75, 3.05) is 0 Å². The zero-order valence-electron chi connectivity index (χ0n) is 11.3. The second kappa shape index (κ2) is 5.51. The number of esters is 1. The van der Waals surface area contributed by atoms with Crippen LogP contribution in [0.1, 0.15) is 46.5 Å². The summed E-state index contributed by atoms with van der Waals surface area (Å²) >= 11 is 0. The van der Waals surface area contributed by atoms with Gasteiger partial charge in [0, 0.05) is 5.92 Å². The summed E-state index contributed by atoms with van der Waals surface area (Å²) in [6.07, 6.45) is -2.67. The Hall–Kier alpha value is -1.07. The second-order valence-corrected chi connectivity index (χ2v) is 5.59. The number of alkyl halides is 3. The van der Waals surface area contributed by atoms with E-state index in [1.165, 1.54) is 6.92 Å². The number of ketones is 1. The van der Waals surface area contributed by atoms with Crippen LogP contribution >= 0.6 is 0 Å². The van der Waals surface area contributed by atoms with Crippen molar-refractivity contribution >= 4 is 11.8 Å². The molecule has 1 aliphatic carbocycles. The van der Waals surface area contributed by atoms with E-state index in [1.54, 1.807) is 0 Å². The molecule has 0 atom stereocenters. The lowest BCUT2D eigenvalue weighted by Crippen LogP contribution is -2.45. The van der Waals surface area contributed by atoms with Crippen LogP contribution in [0.5, 0.6) is 0 Å². The highest BCUT2D eigenvalue weighted by molar-refractivity contribution is 5.79. The van der Waals surface area contributed by atoms with Crippen LogP contribution in [-0.4, -0.2) is 23.5 Å². The Balaban J connectivity index is 2.55. The summed E-state index contributed by atoms with van der Waals surface area (Å²) in [5.41, 5.74) is -2.47. The Morgan fingerprint density at radius 2 is 1.42 bits per heavy atom. The molecule has 0 spiro atoms. The Bertz CT molecular complexity index is 353. The van der Waals surface area contributed by atoms with E-state index in [1.807, 2.05) is 0 Å². The van der Waals surface area contributed by atoms with Crippen LogP contribution in [0, 0.1) is 11.8 Å². The minimum absolute atomic E-state index is 0.0697. The van der Waals surface area contributed by atoms with Gasteiger partial charge in [-0.15, -0.1) is 0 Å². The average molecular weight is 280 g/mol. The molecule has 19 heavy (non-hydrogen) atoms. The van der Waals surface area contributed by atoms with E-state index in [9.17, 15) is 22.8 Å². The normalized spacial score (nSPS) is 24.9. The zero-order valence-corrected chi connectivity index (χ0v) is 11.3. The van der Waals surface area contributed by atoms with Crippen molar-refractivity contribution in [2.24, 2.45) is 11.8 Å². The summed E-state index contributed by atoms with van der Waals surface area (Å²) in [7, 11) is 0. The Morgan fingerprint density at radius 3 is 1.79 bits per heavy atom. The molecule has 0 N–H and O–H groups in total. The first-order valence-corrected chi connectivity index (χ1v) is 6.34. The first kappa shape index (κ1) is 16.0. The summed E-state index contributed by atoms with van der Waals surface area (Å²) < 4.78 is 42.4. The molecule has 0 aliphatic heterocycles. The molecular weight excluding hydrogens is 261 g/mol. The predicted molar refractivity (Wildman–Crippen MR) is 62.4 cm³/mol. The van der Waals surface area contributed by atoms with Gasteiger partial charge in [0.15, 0.2) is 0 Å². The fourth-order valence-corrected chi connectivity index (χ4v) is 2.13. The third-order valence-corrected chi connectivity index (χ3v) is 3.67. The first-order valence-electron chi connectivity index (χ1n) is 6.34. The summed E-state index contributed by atoms with van der Waals surface area (Å²) in [4.78, 5) is 22.9. The molecule has 0 amide bonds. The third-order valence-electron chi connectivity index (χ3n) is 3.67. The zero-order chi connectivity index (χ0) is 14.8. The smallest absolute Gasteiger partial charge is 0.427 e. The highest BCUT2D eigenvalue weighted by Gasteiger charge is 2.51. The molecule has 0 aromatic rings. The lowest BCUT2D eigenvalue weighted by molar-refractivity contribution is -0.259. The molecule has 6 heteroatoms. The molecule has 1 saturated carbocycles. The standard InChI is InChI=1S/C13H19F3O3/c1-8(17)9-4-6-10(7-5-9)11(18)19-12(2,3)13(14,15)16/h9-10H,4-7H2,1-3H3. The Morgan fingerprint density at radius 1 is 1.00 bits per heavy atom. The monoisotopic (exact) mass is 280 g/mol. The van der Waals surface area contributed by atoms with Gasteiger partial charge < -0.3 is 4.74 Å². The number of rotatable bonds is 3. The van der Waals surface area contributed by atoms with Gasteiger partial charge in [-0.3, -0.25) is 9.59 Å². The van der Waals surface area contributed by atoms with E-state index in [2.05, 4.69) is 4.74 Å². The number of carbonyl (C=O) groups is 2. The van der Waals surface area contributed by atoms with E-state index < -0.39 is 23.7 Å². The minimum Gasteiger partial charge on any atom is -0.450 e. The number of halogens is 3. The van der Waals surface area contributed by atoms with E-state index in [4.69, 9.17) is 0 Å². The summed E-state index contributed by atoms with van der Waals surface area (Å²) in [5, 5.41) is 0. The molecule has 1 fully saturated rings. The van der Waals surface area contributed by atoms with Crippen molar-refractivity contribution < 1.29 is 27.5 Å². The molecule has 0 bridgehead atoms. The molecular formula is C13H19F3O3. The molecule has 0 aromatic heterocycles. The number of Topliss-reactive ketones (excluding diaryl/α,β-unsaturated/α-hetero) is 1. The van der Waals surface area contributed by atoms with Gasteiger partial charge in [-0.1, -0.05) is 0 Å². The van der Waals surface area contributed by atoms with Crippen LogP contribution in [0.25, 0.3) is 0 Å². The van der Waals surface area contributed by atoms with E-state index in [0.717, 1.165) is 13.8 Å². The molecule has 0 unspecified atom stereocenters. The Kier molecular flexibility index (Phi) is 4.63. The molecule has 1 aliphatic rings. The van der Waals surface area contributed by atoms with Gasteiger partial charge in [0.25, 0.3) is 0 Å². The van der Waals surface area contributed by atoms with Gasteiger partial charge in [-0.25, -0.2) is 0 Å². The number of hydrogen-bond acceptors (Lipinski definition) is 3. The van der Waals surface area contributed by atoms with Crippen LogP contribution in [-0.2, 0) is 14.3 Å². The molecule has 110 valence electrons. The van der Waals surface area contributed by atoms with Gasteiger partial charge in [0.1, 0.15) is 5.78 Å². The van der Waals surface area contributed by atoms with Crippen LogP contribution < -0.4 is 0 Å². The first-order chi connectivity index (χ1) is 8.54. The van der Waals surface area contributed by atoms with Crippen molar-refractivity contribution in [3.05, 3.63) is 0 Å². The molecule has 3 nitrogen and oxygen atoms in total. The quantitative estimate of drug-likeness (QED) is 0.745. The van der Waals surface area contributed by atoms with Gasteiger partial charge in [-0.05, 0) is 46.5 Å². The van der Waals surface area contributed by atoms with E-state index in [0.29, 0.717) is 25.7 Å². The lowest BCUT2D eigenvalue weighted by Gasteiger charge is -2.31. The van der Waals surface area contributed by atoms with Gasteiger partial charge in [-0.2, -0.15) is 13.2 Å². The van der Waals surface area contributed by atoms with Crippen LogP contribution in [0.3, 0.4) is 0 Å². The van der Waals surface area contributed by atoms with Crippen molar-refractivity contribution in [3.8, 4) is 0 Å². The highest BCUT2D eigenvalue weighted by atomic mass is 19.4. The molecule has 1 rings (SSSR count). The van der Waals surface area contributed by atoms with Crippen molar-refractivity contribution in [3.63, 3.8) is 0 Å². The van der Waals surface area contributed by atoms with Crippen molar-refractivity contribution in [1.29, 1.82) is 0 Å². The van der Waals surface area contributed by atoms with Crippen LogP contribution in [0.2, 0.25) is 0 Å². The van der Waals surface area contributed by atoms with Crippen molar-refractivity contribution in [1.82, 2.24) is 0 Å². The molecule has 0 heterocycles. The summed E-state index contributed by atoms with van der Waals surface area (Å²) in [5.74, 6) is -1.34. The largest absolute Gasteiger partial charge is 0.450 e. The number of hydrogen-bond donors (Lipinski definition) is 0. The maximum absolute atomic E-state index is 12.6. The second-order valence-electron chi connectivity index (χ2n) is 5.59. The summed E-state index contributed by atoms with van der Waals surface area (Å²) in [6.45, 7) is 3.17. The molecule has 0 radical (unpaired) electrons. The Labute approximate surface area is 110 Å². The predicted octanol–water partition coefficient (Wildman–Crippen LogP) is 3.27. The van der Waals surface area contributed by atoms with Crippen LogP contribution in [0.15, 0.2) is 0 Å². The van der Waals surface area contributed by atoms with Gasteiger partial charge in [0.2, 0.25) is 5.60 Å². The average Bonchev–Trinajstić information content (AvgIpc) is 2.27. The lowest BCUT2D eigenvalue weighted by atomic mass is 9.80. The molecule has 0 saturated heterocycles.